The molecule has 1 aromatic rings. The van der Waals surface area contributed by atoms with Crippen LogP contribution in [0.4, 0.5) is 0 Å². The zero-order valence-corrected chi connectivity index (χ0v) is 16.8. The molecule has 0 bridgehead atoms. The van der Waals surface area contributed by atoms with Gasteiger partial charge >= 0.3 is 0 Å². The van der Waals surface area contributed by atoms with Crippen LogP contribution in [0.3, 0.4) is 0 Å². The highest BCUT2D eigenvalue weighted by molar-refractivity contribution is 5.91. The number of nitrogens with one attached hydrogen (secondary N) is 1. The normalized spacial score (nSPS) is 18.4. The summed E-state index contributed by atoms with van der Waals surface area (Å²) in [5, 5.41) is 12.8. The molecule has 0 unspecified atom stereocenters. The van der Waals surface area contributed by atoms with Crippen molar-refractivity contribution in [2.75, 3.05) is 52.5 Å². The van der Waals surface area contributed by atoms with E-state index in [1.807, 2.05) is 6.92 Å². The molecule has 0 saturated carbocycles. The van der Waals surface area contributed by atoms with Crippen molar-refractivity contribution in [3.05, 3.63) is 17.8 Å². The fourth-order valence-corrected chi connectivity index (χ4v) is 2.92. The average molecular weight is 383 g/mol. The number of amides is 1. The number of hydrogen-bond acceptors (Lipinski definition) is 7. The largest absolute Gasteiger partial charge is 0.447 e. The zero-order valence-electron chi connectivity index (χ0n) is 16.8. The van der Waals surface area contributed by atoms with Gasteiger partial charge in [-0.3, -0.25) is 14.6 Å². The first-order valence-corrected chi connectivity index (χ1v) is 9.94. The van der Waals surface area contributed by atoms with E-state index in [4.69, 9.17) is 9.15 Å². The Hall–Kier alpha value is -1.48. The summed E-state index contributed by atoms with van der Waals surface area (Å²) in [6, 6.07) is 0. The quantitative estimate of drug-likeness (QED) is 0.589. The molecule has 27 heavy (non-hydrogen) atoms. The van der Waals surface area contributed by atoms with Crippen LogP contribution in [-0.2, 0) is 11.3 Å². The number of carbonyl (C=O) groups excluding carboxylic acids is 1. The molecule has 1 amide bonds. The maximum absolute atomic E-state index is 12.1. The van der Waals surface area contributed by atoms with E-state index < -0.39 is 6.10 Å². The van der Waals surface area contributed by atoms with Crippen LogP contribution >= 0.6 is 0 Å². The predicted octanol–water partition coefficient (Wildman–Crippen LogP) is 0.966. The lowest BCUT2D eigenvalue weighted by Crippen LogP contribution is -2.48. The molecule has 0 radical (unpaired) electrons. The van der Waals surface area contributed by atoms with Gasteiger partial charge < -0.3 is 19.6 Å². The number of hydrogen-bond donors (Lipinski definition) is 2. The Labute approximate surface area is 161 Å². The van der Waals surface area contributed by atoms with Crippen LogP contribution in [0.25, 0.3) is 0 Å². The SMILES string of the molecule is CCOC[C@H](O)CN1CCN(Cc2nc(C(=O)NC[C@@H](C)CC)co2)CC1. The van der Waals surface area contributed by atoms with Gasteiger partial charge in [0.2, 0.25) is 5.89 Å². The lowest BCUT2D eigenvalue weighted by molar-refractivity contribution is 0.00949. The van der Waals surface area contributed by atoms with Crippen LogP contribution in [0.2, 0.25) is 0 Å². The van der Waals surface area contributed by atoms with Crippen molar-refractivity contribution >= 4 is 5.91 Å². The number of ether oxygens (including phenoxy) is 1. The third-order valence-electron chi connectivity index (χ3n) is 4.90. The summed E-state index contributed by atoms with van der Waals surface area (Å²) in [7, 11) is 0. The Kier molecular flexibility index (Phi) is 9.20. The Morgan fingerprint density at radius 3 is 2.70 bits per heavy atom. The molecule has 0 aromatic carbocycles. The molecule has 1 aliphatic rings. The second-order valence-corrected chi connectivity index (χ2v) is 7.24. The first-order chi connectivity index (χ1) is 13.0. The lowest BCUT2D eigenvalue weighted by Gasteiger charge is -2.34. The molecule has 2 N–H and O–H groups in total. The van der Waals surface area contributed by atoms with E-state index in [-0.39, 0.29) is 5.91 Å². The first-order valence-electron chi connectivity index (χ1n) is 9.94. The molecule has 2 heterocycles. The number of aliphatic hydroxyl groups excluding tert-OH is 1. The fraction of sp³-hybridized carbons (Fsp3) is 0.789. The Bertz CT molecular complexity index is 558. The van der Waals surface area contributed by atoms with Crippen molar-refractivity contribution in [1.82, 2.24) is 20.1 Å². The molecular weight excluding hydrogens is 348 g/mol. The van der Waals surface area contributed by atoms with Gasteiger partial charge in [0.1, 0.15) is 6.26 Å². The summed E-state index contributed by atoms with van der Waals surface area (Å²) < 4.78 is 10.7. The van der Waals surface area contributed by atoms with Gasteiger partial charge in [-0.05, 0) is 12.8 Å². The van der Waals surface area contributed by atoms with Crippen molar-refractivity contribution in [3.63, 3.8) is 0 Å². The van der Waals surface area contributed by atoms with Crippen molar-refractivity contribution < 1.29 is 19.1 Å². The second kappa shape index (κ2) is 11.4. The Morgan fingerprint density at radius 1 is 1.33 bits per heavy atom. The minimum absolute atomic E-state index is 0.182. The van der Waals surface area contributed by atoms with Crippen LogP contribution in [0, 0.1) is 5.92 Å². The van der Waals surface area contributed by atoms with Gasteiger partial charge in [-0.25, -0.2) is 4.98 Å². The number of rotatable bonds is 11. The van der Waals surface area contributed by atoms with E-state index in [2.05, 4.69) is 33.9 Å². The van der Waals surface area contributed by atoms with Crippen molar-refractivity contribution in [2.45, 2.75) is 39.8 Å². The van der Waals surface area contributed by atoms with Gasteiger partial charge in [0, 0.05) is 45.9 Å². The zero-order chi connectivity index (χ0) is 19.6. The number of oxazole rings is 1. The van der Waals surface area contributed by atoms with E-state index in [0.717, 1.165) is 32.6 Å². The Balaban J connectivity index is 1.71. The molecule has 1 aliphatic heterocycles. The molecule has 154 valence electrons. The van der Waals surface area contributed by atoms with Crippen molar-refractivity contribution in [1.29, 1.82) is 0 Å². The van der Waals surface area contributed by atoms with Crippen molar-refractivity contribution in [3.8, 4) is 0 Å². The molecule has 8 heteroatoms. The van der Waals surface area contributed by atoms with Gasteiger partial charge in [-0.2, -0.15) is 0 Å². The minimum Gasteiger partial charge on any atom is -0.447 e. The fourth-order valence-electron chi connectivity index (χ4n) is 2.92. The number of nitrogens with zero attached hydrogens (tertiary/aromatic N) is 3. The standard InChI is InChI=1S/C19H34N4O4/c1-4-15(3)10-20-19(25)17-14-27-18(21-17)12-23-8-6-22(7-9-23)11-16(24)13-26-5-2/h14-16,24H,4-13H2,1-3H3,(H,20,25)/t15-,16+/m0/s1. The van der Waals surface area contributed by atoms with E-state index in [1.165, 1.54) is 6.26 Å². The monoisotopic (exact) mass is 382 g/mol. The van der Waals surface area contributed by atoms with Gasteiger partial charge in [0.05, 0.1) is 19.3 Å². The smallest absolute Gasteiger partial charge is 0.273 e. The molecule has 1 saturated heterocycles. The van der Waals surface area contributed by atoms with Crippen molar-refractivity contribution in [2.24, 2.45) is 5.92 Å². The highest BCUT2D eigenvalue weighted by Gasteiger charge is 2.21. The maximum Gasteiger partial charge on any atom is 0.273 e. The third-order valence-corrected chi connectivity index (χ3v) is 4.90. The summed E-state index contributed by atoms with van der Waals surface area (Å²) in [5.41, 5.74) is 0.339. The van der Waals surface area contributed by atoms with Gasteiger partial charge in [0.25, 0.3) is 5.91 Å². The first kappa shape index (κ1) is 21.8. The topological polar surface area (TPSA) is 91.1 Å². The number of carbonyl (C=O) groups is 1. The molecule has 0 spiro atoms. The summed E-state index contributed by atoms with van der Waals surface area (Å²) in [5.74, 6) is 0.829. The molecule has 0 aliphatic carbocycles. The maximum atomic E-state index is 12.1. The molecule has 1 fully saturated rings. The highest BCUT2D eigenvalue weighted by atomic mass is 16.5. The predicted molar refractivity (Wildman–Crippen MR) is 103 cm³/mol. The van der Waals surface area contributed by atoms with E-state index >= 15 is 0 Å². The number of piperazine rings is 1. The van der Waals surface area contributed by atoms with Gasteiger partial charge in [-0.15, -0.1) is 0 Å². The lowest BCUT2D eigenvalue weighted by atomic mass is 10.1. The highest BCUT2D eigenvalue weighted by Crippen LogP contribution is 2.10. The summed E-state index contributed by atoms with van der Waals surface area (Å²) in [6.07, 6.45) is 2.01. The number of aliphatic hydroxyl groups is 1. The summed E-state index contributed by atoms with van der Waals surface area (Å²) in [6.45, 7) is 12.5. The molecule has 2 rings (SSSR count). The van der Waals surface area contributed by atoms with Crippen LogP contribution in [-0.4, -0.2) is 84.4 Å². The van der Waals surface area contributed by atoms with Crippen LogP contribution in [0.15, 0.2) is 10.7 Å². The molecule has 2 atom stereocenters. The van der Waals surface area contributed by atoms with Gasteiger partial charge in [-0.1, -0.05) is 20.3 Å². The number of aromatic nitrogens is 1. The third kappa shape index (κ3) is 7.57. The second-order valence-electron chi connectivity index (χ2n) is 7.24. The van der Waals surface area contributed by atoms with Crippen LogP contribution in [0.5, 0.6) is 0 Å². The van der Waals surface area contributed by atoms with E-state index in [9.17, 15) is 9.90 Å². The summed E-state index contributed by atoms with van der Waals surface area (Å²) >= 11 is 0. The molecule has 1 aromatic heterocycles. The van der Waals surface area contributed by atoms with Crippen LogP contribution < -0.4 is 5.32 Å². The van der Waals surface area contributed by atoms with Crippen LogP contribution in [0.1, 0.15) is 43.6 Å². The van der Waals surface area contributed by atoms with Gasteiger partial charge in [0.15, 0.2) is 5.69 Å². The summed E-state index contributed by atoms with van der Waals surface area (Å²) in [4.78, 5) is 20.9. The molecular formula is C19H34N4O4. The minimum atomic E-state index is -0.445. The van der Waals surface area contributed by atoms with E-state index in [1.54, 1.807) is 0 Å². The Morgan fingerprint density at radius 2 is 2.04 bits per heavy atom. The molecule has 8 nitrogen and oxygen atoms in total. The van der Waals surface area contributed by atoms with E-state index in [0.29, 0.717) is 50.4 Å². The number of β-amino-alcohol motifs (C(OH)–C–C–N with tert-alkyl or cyclic N) is 1. The average Bonchev–Trinajstić information content (AvgIpc) is 3.14.